The lowest BCUT2D eigenvalue weighted by Gasteiger charge is -2.10. The van der Waals surface area contributed by atoms with Gasteiger partial charge in [-0.2, -0.15) is 0 Å². The average Bonchev–Trinajstić information content (AvgIpc) is 3.21. The first-order chi connectivity index (χ1) is 10.9. The minimum absolute atomic E-state index is 0.547. The van der Waals surface area contributed by atoms with E-state index in [1.54, 1.807) is 0 Å². The van der Waals surface area contributed by atoms with Gasteiger partial charge in [-0.05, 0) is 0 Å². The van der Waals surface area contributed by atoms with Gasteiger partial charge in [-0.1, -0.05) is 48.6 Å². The molecule has 0 unspecified atom stereocenters. The Morgan fingerprint density at radius 1 is 0.591 bits per heavy atom. The van der Waals surface area contributed by atoms with Crippen LogP contribution in [0.2, 0.25) is 0 Å². The Hall–Kier alpha value is -1.20. The quantitative estimate of drug-likeness (QED) is 0.508. The average molecular weight is 304 g/mol. The van der Waals surface area contributed by atoms with Crippen LogP contribution in [0, 0.1) is 11.8 Å². The molecule has 0 bridgehead atoms. The molecule has 0 amide bonds. The van der Waals surface area contributed by atoms with Gasteiger partial charge in [0, 0.05) is 38.0 Å². The summed E-state index contributed by atoms with van der Waals surface area (Å²) >= 11 is 0. The first-order valence-corrected chi connectivity index (χ1v) is 8.22. The van der Waals surface area contributed by atoms with Crippen molar-refractivity contribution in [1.82, 2.24) is 10.6 Å². The van der Waals surface area contributed by atoms with Gasteiger partial charge >= 0.3 is 0 Å². The second kappa shape index (κ2) is 11.4. The van der Waals surface area contributed by atoms with Crippen molar-refractivity contribution in [2.45, 2.75) is 0 Å². The SMILES string of the molecule is C1=CC(CNCCOCCOCCNCC2C=CC=C2)C=C1. The van der Waals surface area contributed by atoms with E-state index in [4.69, 9.17) is 9.47 Å². The van der Waals surface area contributed by atoms with E-state index in [9.17, 15) is 0 Å². The summed E-state index contributed by atoms with van der Waals surface area (Å²) in [7, 11) is 0. The number of nitrogens with one attached hydrogen (secondary N) is 2. The lowest BCUT2D eigenvalue weighted by atomic mass is 10.2. The minimum atomic E-state index is 0.547. The van der Waals surface area contributed by atoms with E-state index in [-0.39, 0.29) is 0 Å². The zero-order valence-corrected chi connectivity index (χ0v) is 13.2. The second-order valence-corrected chi connectivity index (χ2v) is 5.50. The summed E-state index contributed by atoms with van der Waals surface area (Å²) in [5.41, 5.74) is 0. The third-order valence-corrected chi connectivity index (χ3v) is 3.63. The molecule has 2 aliphatic rings. The van der Waals surface area contributed by atoms with Gasteiger partial charge in [-0.25, -0.2) is 0 Å². The Morgan fingerprint density at radius 2 is 1.00 bits per heavy atom. The molecule has 0 fully saturated rings. The van der Waals surface area contributed by atoms with E-state index < -0.39 is 0 Å². The second-order valence-electron chi connectivity index (χ2n) is 5.50. The van der Waals surface area contributed by atoms with Gasteiger partial charge in [0.05, 0.1) is 26.4 Å². The highest BCUT2D eigenvalue weighted by molar-refractivity contribution is 5.18. The van der Waals surface area contributed by atoms with Crippen LogP contribution in [0.15, 0.2) is 48.6 Å². The number of allylic oxidation sites excluding steroid dienone is 4. The molecular formula is C18H28N2O2. The Labute approximate surface area is 134 Å². The lowest BCUT2D eigenvalue weighted by Crippen LogP contribution is -2.26. The number of hydrogen-bond acceptors (Lipinski definition) is 4. The molecule has 0 aromatic carbocycles. The van der Waals surface area contributed by atoms with Gasteiger partial charge in [0.1, 0.15) is 0 Å². The van der Waals surface area contributed by atoms with E-state index in [2.05, 4.69) is 59.2 Å². The van der Waals surface area contributed by atoms with Crippen molar-refractivity contribution in [3.63, 3.8) is 0 Å². The maximum absolute atomic E-state index is 5.52. The Kier molecular flexibility index (Phi) is 8.87. The Bertz CT molecular complexity index is 340. The molecule has 0 heterocycles. The first-order valence-electron chi connectivity index (χ1n) is 8.22. The van der Waals surface area contributed by atoms with Crippen molar-refractivity contribution >= 4 is 0 Å². The maximum Gasteiger partial charge on any atom is 0.0701 e. The zero-order valence-electron chi connectivity index (χ0n) is 13.2. The molecule has 0 saturated heterocycles. The fourth-order valence-electron chi connectivity index (χ4n) is 2.38. The van der Waals surface area contributed by atoms with Crippen molar-refractivity contribution in [1.29, 1.82) is 0 Å². The highest BCUT2D eigenvalue weighted by Gasteiger charge is 2.02. The van der Waals surface area contributed by atoms with Crippen LogP contribution in [0.1, 0.15) is 0 Å². The van der Waals surface area contributed by atoms with Gasteiger partial charge in [0.25, 0.3) is 0 Å². The third-order valence-electron chi connectivity index (χ3n) is 3.63. The van der Waals surface area contributed by atoms with E-state index in [0.29, 0.717) is 25.0 Å². The fraction of sp³-hybridized carbons (Fsp3) is 0.556. The summed E-state index contributed by atoms with van der Waals surface area (Å²) in [6.07, 6.45) is 17.2. The van der Waals surface area contributed by atoms with E-state index >= 15 is 0 Å². The van der Waals surface area contributed by atoms with Crippen molar-refractivity contribution in [2.24, 2.45) is 11.8 Å². The number of ether oxygens (including phenoxy) is 2. The van der Waals surface area contributed by atoms with Gasteiger partial charge in [0.2, 0.25) is 0 Å². The molecule has 122 valence electrons. The molecule has 0 aromatic heterocycles. The number of rotatable bonds is 13. The smallest absolute Gasteiger partial charge is 0.0701 e. The molecule has 2 rings (SSSR count). The monoisotopic (exact) mass is 304 g/mol. The van der Waals surface area contributed by atoms with Crippen LogP contribution in [0.25, 0.3) is 0 Å². The summed E-state index contributed by atoms with van der Waals surface area (Å²) in [4.78, 5) is 0. The van der Waals surface area contributed by atoms with Crippen molar-refractivity contribution in [2.75, 3.05) is 52.6 Å². The van der Waals surface area contributed by atoms with E-state index in [0.717, 1.165) is 39.4 Å². The molecule has 2 N–H and O–H groups in total. The van der Waals surface area contributed by atoms with Crippen LogP contribution in [0.5, 0.6) is 0 Å². The van der Waals surface area contributed by atoms with Gasteiger partial charge in [-0.3, -0.25) is 0 Å². The van der Waals surface area contributed by atoms with Crippen LogP contribution in [-0.2, 0) is 9.47 Å². The van der Waals surface area contributed by atoms with Crippen molar-refractivity contribution in [3.8, 4) is 0 Å². The minimum Gasteiger partial charge on any atom is -0.378 e. The summed E-state index contributed by atoms with van der Waals surface area (Å²) in [6, 6.07) is 0. The van der Waals surface area contributed by atoms with Crippen LogP contribution in [0.4, 0.5) is 0 Å². The largest absolute Gasteiger partial charge is 0.378 e. The van der Waals surface area contributed by atoms with Crippen LogP contribution < -0.4 is 10.6 Å². The van der Waals surface area contributed by atoms with Crippen LogP contribution >= 0.6 is 0 Å². The molecule has 4 heteroatoms. The molecule has 4 nitrogen and oxygen atoms in total. The third kappa shape index (κ3) is 7.71. The molecule has 0 aromatic rings. The maximum atomic E-state index is 5.52. The molecule has 0 spiro atoms. The molecule has 0 radical (unpaired) electrons. The predicted octanol–water partition coefficient (Wildman–Crippen LogP) is 1.68. The highest BCUT2D eigenvalue weighted by atomic mass is 16.5. The molecule has 0 aliphatic heterocycles. The zero-order chi connectivity index (χ0) is 15.3. The first kappa shape index (κ1) is 17.2. The molecular weight excluding hydrogens is 276 g/mol. The number of hydrogen-bond donors (Lipinski definition) is 2. The summed E-state index contributed by atoms with van der Waals surface area (Å²) < 4.78 is 11.0. The van der Waals surface area contributed by atoms with Gasteiger partial charge < -0.3 is 20.1 Å². The van der Waals surface area contributed by atoms with E-state index in [1.165, 1.54) is 0 Å². The summed E-state index contributed by atoms with van der Waals surface area (Å²) in [6.45, 7) is 6.57. The highest BCUT2D eigenvalue weighted by Crippen LogP contribution is 2.06. The summed E-state index contributed by atoms with van der Waals surface area (Å²) in [5, 5.41) is 6.77. The van der Waals surface area contributed by atoms with Crippen molar-refractivity contribution < 1.29 is 9.47 Å². The topological polar surface area (TPSA) is 42.5 Å². The molecule has 2 aliphatic carbocycles. The Balaban J connectivity index is 1.26. The lowest BCUT2D eigenvalue weighted by molar-refractivity contribution is 0.0499. The molecule has 0 saturated carbocycles. The molecule has 22 heavy (non-hydrogen) atoms. The van der Waals surface area contributed by atoms with Crippen LogP contribution in [0.3, 0.4) is 0 Å². The standard InChI is InChI=1S/C18H28N2O2/c1-2-6-17(5-1)15-19-9-11-21-13-14-22-12-10-20-16-18-7-3-4-8-18/h1-8,17-20H,9-16H2. The summed E-state index contributed by atoms with van der Waals surface area (Å²) in [5.74, 6) is 1.09. The molecule has 0 atom stereocenters. The van der Waals surface area contributed by atoms with Crippen LogP contribution in [-0.4, -0.2) is 52.6 Å². The predicted molar refractivity (Wildman–Crippen MR) is 90.9 cm³/mol. The van der Waals surface area contributed by atoms with Gasteiger partial charge in [0.15, 0.2) is 0 Å². The Morgan fingerprint density at radius 3 is 1.41 bits per heavy atom. The normalized spacial score (nSPS) is 17.3. The fourth-order valence-corrected chi connectivity index (χ4v) is 2.38. The van der Waals surface area contributed by atoms with E-state index in [1.807, 2.05) is 0 Å². The van der Waals surface area contributed by atoms with Crippen molar-refractivity contribution in [3.05, 3.63) is 48.6 Å². The van der Waals surface area contributed by atoms with Gasteiger partial charge in [-0.15, -0.1) is 0 Å².